The van der Waals surface area contributed by atoms with E-state index in [4.69, 9.17) is 0 Å². The Kier molecular flexibility index (Phi) is 4.67. The van der Waals surface area contributed by atoms with Gasteiger partial charge in [-0.3, -0.25) is 4.79 Å². The van der Waals surface area contributed by atoms with Crippen LogP contribution in [0.5, 0.6) is 5.88 Å². The fourth-order valence-electron chi connectivity index (χ4n) is 3.17. The van der Waals surface area contributed by atoms with Gasteiger partial charge in [-0.2, -0.15) is 0 Å². The van der Waals surface area contributed by atoms with Crippen molar-refractivity contribution in [1.82, 2.24) is 10.1 Å². The number of hydrogen-bond donors (Lipinski definition) is 0. The molecule has 1 amide bonds. The number of aromatic nitrogens is 3. The Labute approximate surface area is 164 Å². The maximum Gasteiger partial charge on any atom is 0.302 e. The number of anilines is 1. The molecule has 0 aliphatic carbocycles. The van der Waals surface area contributed by atoms with Gasteiger partial charge in [-0.15, -0.1) is 17.9 Å². The van der Waals surface area contributed by atoms with E-state index >= 15 is 0 Å². The molecular formula is C19H16N4O2S2. The van der Waals surface area contributed by atoms with Crippen LogP contribution in [0.2, 0.25) is 0 Å². The molecule has 1 aliphatic rings. The lowest BCUT2D eigenvalue weighted by Gasteiger charge is -2.32. The highest BCUT2D eigenvalue weighted by atomic mass is 32.2. The van der Waals surface area contributed by atoms with E-state index < -0.39 is 6.17 Å². The molecule has 0 saturated carbocycles. The van der Waals surface area contributed by atoms with E-state index in [0.717, 1.165) is 4.88 Å². The first-order valence-corrected chi connectivity index (χ1v) is 10.2. The third-order valence-electron chi connectivity index (χ3n) is 4.18. The molecule has 0 fully saturated rings. The minimum Gasteiger partial charge on any atom is -0.854 e. The third-order valence-corrected chi connectivity index (χ3v) is 5.93. The predicted molar refractivity (Wildman–Crippen MR) is 104 cm³/mol. The Bertz CT molecular complexity index is 1020. The SMILES string of the molecule is C=CCSc1nc([O-])c2[n+](n1)C(c1cccs1)N(C(C)=O)c1ccccc1-2. The van der Waals surface area contributed by atoms with Crippen molar-refractivity contribution < 1.29 is 14.6 Å². The Morgan fingerprint density at radius 3 is 2.93 bits per heavy atom. The molecule has 8 heteroatoms. The maximum atomic E-state index is 12.9. The summed E-state index contributed by atoms with van der Waals surface area (Å²) in [5, 5.41) is 19.8. The maximum absolute atomic E-state index is 12.9. The second-order valence-corrected chi connectivity index (χ2v) is 7.85. The van der Waals surface area contributed by atoms with Gasteiger partial charge in [-0.05, 0) is 23.6 Å². The van der Waals surface area contributed by atoms with Crippen molar-refractivity contribution in [3.05, 3.63) is 59.3 Å². The zero-order valence-corrected chi connectivity index (χ0v) is 16.2. The van der Waals surface area contributed by atoms with Gasteiger partial charge < -0.3 is 5.11 Å². The van der Waals surface area contributed by atoms with E-state index in [9.17, 15) is 9.90 Å². The van der Waals surface area contributed by atoms with Crippen LogP contribution in [0.3, 0.4) is 0 Å². The zero-order chi connectivity index (χ0) is 19.0. The average Bonchev–Trinajstić information content (AvgIpc) is 3.19. The molecule has 2 aromatic heterocycles. The molecule has 1 aromatic carbocycles. The number of hydrogen-bond acceptors (Lipinski definition) is 6. The van der Waals surface area contributed by atoms with Crippen molar-refractivity contribution in [3.8, 4) is 17.1 Å². The summed E-state index contributed by atoms with van der Waals surface area (Å²) in [6.07, 6.45) is 1.21. The number of rotatable bonds is 4. The highest BCUT2D eigenvalue weighted by Crippen LogP contribution is 2.41. The summed E-state index contributed by atoms with van der Waals surface area (Å²) in [6.45, 7) is 5.22. The van der Waals surface area contributed by atoms with Crippen LogP contribution < -0.4 is 14.7 Å². The molecule has 0 saturated heterocycles. The van der Waals surface area contributed by atoms with Crippen LogP contribution in [0.25, 0.3) is 11.3 Å². The number of amides is 1. The fraction of sp³-hybridized carbons (Fsp3) is 0.158. The molecule has 3 aromatic rings. The Balaban J connectivity index is 2.01. The number of thioether (sulfide) groups is 1. The lowest BCUT2D eigenvalue weighted by Crippen LogP contribution is -2.58. The van der Waals surface area contributed by atoms with Gasteiger partial charge in [0, 0.05) is 17.8 Å². The number of fused-ring (bicyclic) bond motifs is 3. The molecule has 4 rings (SSSR count). The van der Waals surface area contributed by atoms with Gasteiger partial charge in [0.2, 0.25) is 5.91 Å². The quantitative estimate of drug-likeness (QED) is 0.385. The van der Waals surface area contributed by atoms with Crippen LogP contribution in [-0.4, -0.2) is 21.7 Å². The Hall–Kier alpha value is -2.71. The molecular weight excluding hydrogens is 380 g/mol. The number of thiophene rings is 1. The van der Waals surface area contributed by atoms with Crippen molar-refractivity contribution in [2.24, 2.45) is 0 Å². The van der Waals surface area contributed by atoms with Crippen molar-refractivity contribution >= 4 is 34.7 Å². The number of benzene rings is 1. The van der Waals surface area contributed by atoms with E-state index in [1.807, 2.05) is 41.8 Å². The summed E-state index contributed by atoms with van der Waals surface area (Å²) < 4.78 is 1.64. The van der Waals surface area contributed by atoms with Crippen LogP contribution in [0.15, 0.2) is 59.6 Å². The van der Waals surface area contributed by atoms with E-state index in [1.54, 1.807) is 15.7 Å². The summed E-state index contributed by atoms with van der Waals surface area (Å²) in [6, 6.07) is 11.2. The predicted octanol–water partition coefficient (Wildman–Crippen LogP) is 2.76. The lowest BCUT2D eigenvalue weighted by atomic mass is 10.0. The van der Waals surface area contributed by atoms with Crippen LogP contribution in [-0.2, 0) is 4.79 Å². The van der Waals surface area contributed by atoms with Crippen molar-refractivity contribution in [2.75, 3.05) is 10.7 Å². The van der Waals surface area contributed by atoms with Crippen molar-refractivity contribution in [3.63, 3.8) is 0 Å². The summed E-state index contributed by atoms with van der Waals surface area (Å²) >= 11 is 2.85. The molecule has 0 spiro atoms. The van der Waals surface area contributed by atoms with Crippen molar-refractivity contribution in [1.29, 1.82) is 0 Å². The zero-order valence-electron chi connectivity index (χ0n) is 14.5. The molecule has 0 radical (unpaired) electrons. The number of para-hydroxylation sites is 1. The molecule has 27 heavy (non-hydrogen) atoms. The molecule has 6 nitrogen and oxygen atoms in total. The second-order valence-electron chi connectivity index (χ2n) is 5.89. The number of carbonyl (C=O) groups is 1. The van der Waals surface area contributed by atoms with E-state index in [-0.39, 0.29) is 11.8 Å². The highest BCUT2D eigenvalue weighted by molar-refractivity contribution is 7.99. The summed E-state index contributed by atoms with van der Waals surface area (Å²) in [5.74, 6) is 0.120. The monoisotopic (exact) mass is 396 g/mol. The van der Waals surface area contributed by atoms with Gasteiger partial charge in [0.1, 0.15) is 0 Å². The van der Waals surface area contributed by atoms with Crippen LogP contribution in [0.4, 0.5) is 5.69 Å². The first kappa shape index (κ1) is 17.7. The standard InChI is InChI=1S/C19H16N4O2S2/c1-3-10-27-19-20-17(25)16-13-7-4-5-8-14(13)22(12(2)24)18(23(16)21-19)15-9-6-11-26-15/h3-9,11,18H,1,10H2,2H3. The second kappa shape index (κ2) is 7.13. The van der Waals surface area contributed by atoms with E-state index in [0.29, 0.717) is 27.9 Å². The number of carbonyl (C=O) groups excluding carboxylic acids is 1. The largest absolute Gasteiger partial charge is 0.854 e. The van der Waals surface area contributed by atoms with Gasteiger partial charge >= 0.3 is 6.17 Å². The first-order chi connectivity index (χ1) is 13.1. The molecule has 1 atom stereocenters. The minimum absolute atomic E-state index is 0.120. The van der Waals surface area contributed by atoms with Crippen LogP contribution >= 0.6 is 23.1 Å². The lowest BCUT2D eigenvalue weighted by molar-refractivity contribution is -0.763. The van der Waals surface area contributed by atoms with Crippen LogP contribution in [0.1, 0.15) is 18.0 Å². The van der Waals surface area contributed by atoms with Gasteiger partial charge in [0.15, 0.2) is 0 Å². The first-order valence-electron chi connectivity index (χ1n) is 8.29. The van der Waals surface area contributed by atoms with E-state index in [1.165, 1.54) is 30.0 Å². The highest BCUT2D eigenvalue weighted by Gasteiger charge is 2.44. The molecule has 0 N–H and O–H groups in total. The Morgan fingerprint density at radius 2 is 2.22 bits per heavy atom. The summed E-state index contributed by atoms with van der Waals surface area (Å²) in [5.41, 5.74) is 1.74. The molecule has 3 heterocycles. The molecule has 0 bridgehead atoms. The molecule has 1 aliphatic heterocycles. The normalized spacial score (nSPS) is 15.1. The van der Waals surface area contributed by atoms with Crippen molar-refractivity contribution in [2.45, 2.75) is 18.2 Å². The van der Waals surface area contributed by atoms with Gasteiger partial charge in [-0.1, -0.05) is 40.7 Å². The fourth-order valence-corrected chi connectivity index (χ4v) is 4.52. The van der Waals surface area contributed by atoms with Gasteiger partial charge in [-0.25, -0.2) is 9.88 Å². The Morgan fingerprint density at radius 1 is 1.41 bits per heavy atom. The molecule has 136 valence electrons. The smallest absolute Gasteiger partial charge is 0.302 e. The summed E-state index contributed by atoms with van der Waals surface area (Å²) in [7, 11) is 0. The number of nitrogens with zero attached hydrogens (tertiary/aromatic N) is 4. The summed E-state index contributed by atoms with van der Waals surface area (Å²) in [4.78, 5) is 19.3. The molecule has 1 unspecified atom stereocenters. The van der Waals surface area contributed by atoms with Gasteiger partial charge in [0.25, 0.3) is 10.9 Å². The van der Waals surface area contributed by atoms with Crippen LogP contribution in [0, 0.1) is 0 Å². The third kappa shape index (κ3) is 3.00. The topological polar surface area (TPSA) is 73.0 Å². The van der Waals surface area contributed by atoms with E-state index in [2.05, 4.69) is 16.7 Å². The average molecular weight is 396 g/mol. The van der Waals surface area contributed by atoms with Gasteiger partial charge in [0.05, 0.1) is 22.0 Å². The minimum atomic E-state index is -0.522.